The van der Waals surface area contributed by atoms with Crippen LogP contribution in [0.1, 0.15) is 26.2 Å². The molecule has 0 bridgehead atoms. The van der Waals surface area contributed by atoms with Crippen LogP contribution in [0, 0.1) is 0 Å². The van der Waals surface area contributed by atoms with Gasteiger partial charge in [-0.3, -0.25) is 4.79 Å². The van der Waals surface area contributed by atoms with Gasteiger partial charge in [0.1, 0.15) is 0 Å². The molecule has 1 unspecified atom stereocenters. The lowest BCUT2D eigenvalue weighted by Gasteiger charge is -2.31. The van der Waals surface area contributed by atoms with E-state index in [-0.39, 0.29) is 16.1 Å². The van der Waals surface area contributed by atoms with Crippen LogP contribution in [0.15, 0.2) is 58.3 Å². The summed E-state index contributed by atoms with van der Waals surface area (Å²) in [5.41, 5.74) is 1.35. The van der Waals surface area contributed by atoms with E-state index >= 15 is 0 Å². The van der Waals surface area contributed by atoms with Gasteiger partial charge in [0.25, 0.3) is 0 Å². The zero-order valence-electron chi connectivity index (χ0n) is 18.9. The van der Waals surface area contributed by atoms with Crippen molar-refractivity contribution in [1.82, 2.24) is 4.31 Å². The molecule has 2 saturated heterocycles. The fourth-order valence-corrected chi connectivity index (χ4v) is 6.53. The fraction of sp³-hybridized carbons (Fsp3) is 0.458. The molecule has 0 aromatic heterocycles. The number of ether oxygens (including phenoxy) is 1. The number of amides is 1. The molecule has 1 atom stereocenters. The molecule has 0 aliphatic carbocycles. The summed E-state index contributed by atoms with van der Waals surface area (Å²) in [6.45, 7) is 5.52. The quantitative estimate of drug-likeness (QED) is 0.596. The second kappa shape index (κ2) is 10.9. The van der Waals surface area contributed by atoms with E-state index in [1.165, 1.54) is 11.8 Å². The molecule has 2 aromatic carbocycles. The lowest BCUT2D eigenvalue weighted by Crippen LogP contribution is -2.37. The third kappa shape index (κ3) is 5.90. The van der Waals surface area contributed by atoms with Gasteiger partial charge in [-0.05, 0) is 50.1 Å². The molecular formula is C24H31N3O4S2. The minimum absolute atomic E-state index is 0.161. The van der Waals surface area contributed by atoms with Crippen LogP contribution in [0.4, 0.5) is 11.4 Å². The number of sulfonamides is 1. The zero-order valence-corrected chi connectivity index (χ0v) is 20.5. The largest absolute Gasteiger partial charge is 0.378 e. The van der Waals surface area contributed by atoms with Gasteiger partial charge in [-0.15, -0.1) is 11.8 Å². The Kier molecular flexibility index (Phi) is 7.95. The summed E-state index contributed by atoms with van der Waals surface area (Å²) in [6, 6.07) is 14.9. The Morgan fingerprint density at radius 3 is 2.39 bits per heavy atom. The molecule has 1 N–H and O–H groups in total. The summed E-state index contributed by atoms with van der Waals surface area (Å²) in [7, 11) is -3.60. The first kappa shape index (κ1) is 24.1. The van der Waals surface area contributed by atoms with Gasteiger partial charge in [0.2, 0.25) is 15.9 Å². The molecule has 0 spiro atoms. The Balaban J connectivity index is 1.60. The van der Waals surface area contributed by atoms with Crippen molar-refractivity contribution < 1.29 is 17.9 Å². The lowest BCUT2D eigenvalue weighted by atomic mass is 10.2. The summed E-state index contributed by atoms with van der Waals surface area (Å²) in [5.74, 6) is -0.161. The van der Waals surface area contributed by atoms with Gasteiger partial charge < -0.3 is 15.0 Å². The van der Waals surface area contributed by atoms with E-state index in [2.05, 4.69) is 10.2 Å². The summed E-state index contributed by atoms with van der Waals surface area (Å²) in [4.78, 5) is 16.4. The zero-order chi connectivity index (χ0) is 23.3. The second-order valence-corrected chi connectivity index (χ2v) is 11.7. The Hall–Kier alpha value is -2.07. The molecule has 33 heavy (non-hydrogen) atoms. The van der Waals surface area contributed by atoms with Crippen molar-refractivity contribution in [2.75, 3.05) is 49.6 Å². The number of nitrogens with one attached hydrogen (secondary N) is 1. The molecule has 1 amide bonds. The van der Waals surface area contributed by atoms with Gasteiger partial charge in [-0.2, -0.15) is 4.31 Å². The molecule has 0 saturated carbocycles. The summed E-state index contributed by atoms with van der Waals surface area (Å²) < 4.78 is 33.6. The number of hydrogen-bond acceptors (Lipinski definition) is 6. The van der Waals surface area contributed by atoms with Crippen molar-refractivity contribution in [3.8, 4) is 0 Å². The smallest absolute Gasteiger partial charge is 0.243 e. The summed E-state index contributed by atoms with van der Waals surface area (Å²) in [6.07, 6.45) is 2.81. The monoisotopic (exact) mass is 489 g/mol. The molecular weight excluding hydrogens is 458 g/mol. The molecule has 0 radical (unpaired) electrons. The number of nitrogens with zero attached hydrogens (tertiary/aromatic N) is 2. The standard InChI is InChI=1S/C24H31N3O4S2/c1-19(32-20-8-4-2-5-9-20)24(28)25-22-18-21(33(29,30)27-12-6-3-7-13-27)10-11-23(22)26-14-16-31-17-15-26/h2,4-5,8-11,18-19H,3,6-7,12-17H2,1H3,(H,25,28). The fourth-order valence-electron chi connectivity index (χ4n) is 4.10. The van der Waals surface area contributed by atoms with E-state index in [1.807, 2.05) is 43.3 Å². The van der Waals surface area contributed by atoms with E-state index in [0.717, 1.165) is 29.8 Å². The maximum absolute atomic E-state index is 13.3. The van der Waals surface area contributed by atoms with Crippen LogP contribution >= 0.6 is 11.8 Å². The van der Waals surface area contributed by atoms with Crippen molar-refractivity contribution in [3.05, 3.63) is 48.5 Å². The topological polar surface area (TPSA) is 79.0 Å². The number of anilines is 2. The summed E-state index contributed by atoms with van der Waals surface area (Å²) in [5, 5.41) is 2.68. The summed E-state index contributed by atoms with van der Waals surface area (Å²) >= 11 is 1.47. The van der Waals surface area contributed by atoms with E-state index in [9.17, 15) is 13.2 Å². The number of rotatable bonds is 7. The average molecular weight is 490 g/mol. The molecule has 2 aliphatic heterocycles. The first-order valence-electron chi connectivity index (χ1n) is 11.4. The Labute approximate surface area is 200 Å². The van der Waals surface area contributed by atoms with Crippen molar-refractivity contribution in [1.29, 1.82) is 0 Å². The maximum atomic E-state index is 13.3. The van der Waals surface area contributed by atoms with E-state index in [4.69, 9.17) is 4.74 Å². The van der Waals surface area contributed by atoms with Crippen LogP contribution in [0.2, 0.25) is 0 Å². The first-order valence-corrected chi connectivity index (χ1v) is 13.8. The lowest BCUT2D eigenvalue weighted by molar-refractivity contribution is -0.115. The predicted molar refractivity (Wildman–Crippen MR) is 132 cm³/mol. The van der Waals surface area contributed by atoms with Gasteiger partial charge in [0.05, 0.1) is 34.7 Å². The Bertz CT molecular complexity index is 1050. The highest BCUT2D eigenvalue weighted by atomic mass is 32.2. The normalized spacial score (nSPS) is 18.6. The van der Waals surface area contributed by atoms with Gasteiger partial charge in [-0.25, -0.2) is 8.42 Å². The number of carbonyl (C=O) groups excluding carboxylic acids is 1. The number of morpholine rings is 1. The number of benzene rings is 2. The van der Waals surface area contributed by atoms with Gasteiger partial charge in [-0.1, -0.05) is 24.6 Å². The van der Waals surface area contributed by atoms with Gasteiger partial charge in [0.15, 0.2) is 0 Å². The molecule has 178 valence electrons. The molecule has 2 fully saturated rings. The third-order valence-corrected chi connectivity index (χ3v) is 8.96. The molecule has 2 aliphatic rings. The van der Waals surface area contributed by atoms with Crippen LogP contribution in [0.3, 0.4) is 0 Å². The molecule has 4 rings (SSSR count). The predicted octanol–water partition coefficient (Wildman–Crippen LogP) is 3.82. The van der Waals surface area contributed by atoms with Crippen molar-refractivity contribution in [2.45, 2.75) is 41.2 Å². The SMILES string of the molecule is CC(Sc1ccccc1)C(=O)Nc1cc(S(=O)(=O)N2CCCCC2)ccc1N1CCOCC1. The van der Waals surface area contributed by atoms with Crippen LogP contribution in [0.25, 0.3) is 0 Å². The van der Waals surface area contributed by atoms with Gasteiger partial charge in [0, 0.05) is 31.1 Å². The molecule has 2 heterocycles. The first-order chi connectivity index (χ1) is 15.9. The van der Waals surface area contributed by atoms with Crippen LogP contribution in [0.5, 0.6) is 0 Å². The van der Waals surface area contributed by atoms with Crippen LogP contribution < -0.4 is 10.2 Å². The Morgan fingerprint density at radius 2 is 1.70 bits per heavy atom. The third-order valence-electron chi connectivity index (χ3n) is 5.96. The molecule has 2 aromatic rings. The van der Waals surface area contributed by atoms with E-state index < -0.39 is 10.0 Å². The number of piperidine rings is 1. The second-order valence-electron chi connectivity index (χ2n) is 8.31. The van der Waals surface area contributed by atoms with Gasteiger partial charge >= 0.3 is 0 Å². The highest BCUT2D eigenvalue weighted by molar-refractivity contribution is 8.00. The Morgan fingerprint density at radius 1 is 1.00 bits per heavy atom. The van der Waals surface area contributed by atoms with Crippen LogP contribution in [-0.4, -0.2) is 63.3 Å². The number of carbonyl (C=O) groups is 1. The van der Waals surface area contributed by atoms with E-state index in [0.29, 0.717) is 45.1 Å². The molecule has 7 nitrogen and oxygen atoms in total. The van der Waals surface area contributed by atoms with Crippen LogP contribution in [-0.2, 0) is 19.6 Å². The van der Waals surface area contributed by atoms with Crippen molar-refractivity contribution in [3.63, 3.8) is 0 Å². The minimum atomic E-state index is -3.60. The highest BCUT2D eigenvalue weighted by Crippen LogP contribution is 2.33. The van der Waals surface area contributed by atoms with Crippen molar-refractivity contribution in [2.24, 2.45) is 0 Å². The number of thioether (sulfide) groups is 1. The minimum Gasteiger partial charge on any atom is -0.378 e. The maximum Gasteiger partial charge on any atom is 0.243 e. The molecule has 9 heteroatoms. The average Bonchev–Trinajstić information content (AvgIpc) is 2.85. The van der Waals surface area contributed by atoms with E-state index in [1.54, 1.807) is 16.4 Å². The van der Waals surface area contributed by atoms with Crippen molar-refractivity contribution >= 4 is 39.1 Å². The number of hydrogen-bond donors (Lipinski definition) is 1. The highest BCUT2D eigenvalue weighted by Gasteiger charge is 2.28.